The van der Waals surface area contributed by atoms with Gasteiger partial charge in [-0.05, 0) is 25.2 Å². The van der Waals surface area contributed by atoms with Crippen LogP contribution in [0.2, 0.25) is 0 Å². The maximum Gasteiger partial charge on any atom is 0.0890 e. The molecule has 1 aliphatic heterocycles. The summed E-state index contributed by atoms with van der Waals surface area (Å²) in [7, 11) is 4.31. The van der Waals surface area contributed by atoms with Crippen molar-refractivity contribution in [3.63, 3.8) is 0 Å². The van der Waals surface area contributed by atoms with E-state index in [0.717, 1.165) is 12.6 Å². The standard InChI is InChI=1S/C9H16N2/c1-10-6-9(11(2)7-10)5-8-3-4-8/h6,8H,3-5,7H2,1-2H3. The highest BCUT2D eigenvalue weighted by atomic mass is 15.3. The van der Waals surface area contributed by atoms with Crippen LogP contribution in [0.3, 0.4) is 0 Å². The Hall–Kier alpha value is -0.660. The van der Waals surface area contributed by atoms with Gasteiger partial charge in [-0.15, -0.1) is 0 Å². The number of rotatable bonds is 2. The molecule has 1 saturated carbocycles. The smallest absolute Gasteiger partial charge is 0.0890 e. The number of nitrogens with zero attached hydrogens (tertiary/aromatic N) is 2. The van der Waals surface area contributed by atoms with E-state index in [1.165, 1.54) is 25.0 Å². The molecule has 2 aliphatic rings. The van der Waals surface area contributed by atoms with Crippen molar-refractivity contribution in [2.24, 2.45) is 5.92 Å². The highest BCUT2D eigenvalue weighted by molar-refractivity contribution is 5.07. The van der Waals surface area contributed by atoms with Crippen LogP contribution in [0.1, 0.15) is 19.3 Å². The third-order valence-electron chi connectivity index (χ3n) is 2.49. The van der Waals surface area contributed by atoms with Gasteiger partial charge in [0.2, 0.25) is 0 Å². The summed E-state index contributed by atoms with van der Waals surface area (Å²) < 4.78 is 0. The summed E-state index contributed by atoms with van der Waals surface area (Å²) >= 11 is 0. The molecule has 0 atom stereocenters. The van der Waals surface area contributed by atoms with Crippen molar-refractivity contribution in [2.75, 3.05) is 20.8 Å². The fourth-order valence-corrected chi connectivity index (χ4v) is 1.65. The minimum atomic E-state index is 1.01. The molecule has 1 heterocycles. The first-order chi connectivity index (χ1) is 5.25. The molecule has 0 radical (unpaired) electrons. The van der Waals surface area contributed by atoms with E-state index in [0.29, 0.717) is 0 Å². The number of hydrogen-bond acceptors (Lipinski definition) is 2. The van der Waals surface area contributed by atoms with Crippen molar-refractivity contribution in [1.29, 1.82) is 0 Å². The van der Waals surface area contributed by atoms with Crippen molar-refractivity contribution in [3.05, 3.63) is 11.9 Å². The minimum absolute atomic E-state index is 1.01. The van der Waals surface area contributed by atoms with E-state index in [9.17, 15) is 0 Å². The second-order valence-electron chi connectivity index (χ2n) is 3.86. The van der Waals surface area contributed by atoms with Crippen LogP contribution in [0, 0.1) is 5.92 Å². The molecule has 0 amide bonds. The van der Waals surface area contributed by atoms with Gasteiger partial charge >= 0.3 is 0 Å². The molecule has 0 N–H and O–H groups in total. The molecule has 11 heavy (non-hydrogen) atoms. The largest absolute Gasteiger partial charge is 0.361 e. The lowest BCUT2D eigenvalue weighted by atomic mass is 10.2. The molecule has 1 aliphatic carbocycles. The van der Waals surface area contributed by atoms with Crippen LogP contribution in [0.4, 0.5) is 0 Å². The molecule has 62 valence electrons. The van der Waals surface area contributed by atoms with Gasteiger partial charge in [0.1, 0.15) is 0 Å². The lowest BCUT2D eigenvalue weighted by Crippen LogP contribution is -2.20. The second-order valence-corrected chi connectivity index (χ2v) is 3.86. The Labute approximate surface area is 68.5 Å². The molecule has 2 heteroatoms. The fourth-order valence-electron chi connectivity index (χ4n) is 1.65. The quantitative estimate of drug-likeness (QED) is 0.591. The molecule has 2 nitrogen and oxygen atoms in total. The zero-order valence-electron chi connectivity index (χ0n) is 7.38. The first-order valence-electron chi connectivity index (χ1n) is 4.38. The molecule has 0 aromatic heterocycles. The third-order valence-corrected chi connectivity index (χ3v) is 2.49. The van der Waals surface area contributed by atoms with Gasteiger partial charge in [0, 0.05) is 26.0 Å². The first-order valence-corrected chi connectivity index (χ1v) is 4.38. The van der Waals surface area contributed by atoms with E-state index in [1.54, 1.807) is 0 Å². The van der Waals surface area contributed by atoms with Crippen LogP contribution < -0.4 is 0 Å². The van der Waals surface area contributed by atoms with E-state index < -0.39 is 0 Å². The van der Waals surface area contributed by atoms with Crippen LogP contribution in [0.15, 0.2) is 11.9 Å². The predicted octanol–water partition coefficient (Wildman–Crippen LogP) is 1.46. The summed E-state index contributed by atoms with van der Waals surface area (Å²) in [5.74, 6) is 1.01. The van der Waals surface area contributed by atoms with Crippen molar-refractivity contribution < 1.29 is 0 Å². The molecule has 0 spiro atoms. The zero-order valence-corrected chi connectivity index (χ0v) is 7.38. The highest BCUT2D eigenvalue weighted by Crippen LogP contribution is 2.36. The summed E-state index contributed by atoms with van der Waals surface area (Å²) in [6.07, 6.45) is 6.49. The Morgan fingerprint density at radius 3 is 2.64 bits per heavy atom. The van der Waals surface area contributed by atoms with Gasteiger partial charge in [0.25, 0.3) is 0 Å². The monoisotopic (exact) mass is 152 g/mol. The first kappa shape index (κ1) is 7.01. The summed E-state index contributed by atoms with van der Waals surface area (Å²) in [5.41, 5.74) is 1.52. The zero-order chi connectivity index (χ0) is 7.84. The van der Waals surface area contributed by atoms with Gasteiger partial charge in [-0.1, -0.05) is 0 Å². The maximum absolute atomic E-state index is 2.35. The fraction of sp³-hybridized carbons (Fsp3) is 0.778. The van der Waals surface area contributed by atoms with E-state index in [-0.39, 0.29) is 0 Å². The summed E-state index contributed by atoms with van der Waals surface area (Å²) in [4.78, 5) is 4.59. The Bertz CT molecular complexity index is 182. The molecule has 0 aromatic carbocycles. The van der Waals surface area contributed by atoms with Crippen LogP contribution in [0.25, 0.3) is 0 Å². The average molecular weight is 152 g/mol. The molecule has 2 rings (SSSR count). The Morgan fingerprint density at radius 2 is 2.18 bits per heavy atom. The third kappa shape index (κ3) is 1.50. The molecular formula is C9H16N2. The lowest BCUT2D eigenvalue weighted by molar-refractivity contribution is 0.320. The van der Waals surface area contributed by atoms with Gasteiger partial charge in [0.15, 0.2) is 0 Å². The van der Waals surface area contributed by atoms with Crippen molar-refractivity contribution in [1.82, 2.24) is 9.80 Å². The van der Waals surface area contributed by atoms with Crippen LogP contribution >= 0.6 is 0 Å². The molecule has 1 fully saturated rings. The minimum Gasteiger partial charge on any atom is -0.361 e. The van der Waals surface area contributed by atoms with Crippen LogP contribution in [-0.2, 0) is 0 Å². The summed E-state index contributed by atoms with van der Waals surface area (Å²) in [6, 6.07) is 0. The van der Waals surface area contributed by atoms with E-state index >= 15 is 0 Å². The topological polar surface area (TPSA) is 6.48 Å². The van der Waals surface area contributed by atoms with Gasteiger partial charge < -0.3 is 9.80 Å². The Balaban J connectivity index is 1.94. The van der Waals surface area contributed by atoms with Gasteiger partial charge in [0.05, 0.1) is 6.67 Å². The van der Waals surface area contributed by atoms with Gasteiger partial charge in [-0.3, -0.25) is 0 Å². The summed E-state index contributed by atoms with van der Waals surface area (Å²) in [6.45, 7) is 1.07. The average Bonchev–Trinajstić information content (AvgIpc) is 2.64. The Kier molecular flexibility index (Phi) is 1.55. The molecule has 0 bridgehead atoms. The van der Waals surface area contributed by atoms with Crippen molar-refractivity contribution >= 4 is 0 Å². The number of allylic oxidation sites excluding steroid dienone is 1. The second kappa shape index (κ2) is 2.43. The normalized spacial score (nSPS) is 24.4. The molecule has 0 aromatic rings. The maximum atomic E-state index is 2.35. The van der Waals surface area contributed by atoms with Gasteiger partial charge in [-0.25, -0.2) is 0 Å². The lowest BCUT2D eigenvalue weighted by Gasteiger charge is -2.15. The van der Waals surface area contributed by atoms with Crippen molar-refractivity contribution in [2.45, 2.75) is 19.3 Å². The van der Waals surface area contributed by atoms with Crippen LogP contribution in [-0.4, -0.2) is 30.6 Å². The van der Waals surface area contributed by atoms with Crippen LogP contribution in [0.5, 0.6) is 0 Å². The van der Waals surface area contributed by atoms with E-state index in [1.807, 2.05) is 0 Å². The molecule has 0 saturated heterocycles. The van der Waals surface area contributed by atoms with Crippen molar-refractivity contribution in [3.8, 4) is 0 Å². The van der Waals surface area contributed by atoms with E-state index in [4.69, 9.17) is 0 Å². The Morgan fingerprint density at radius 1 is 1.45 bits per heavy atom. The highest BCUT2D eigenvalue weighted by Gasteiger charge is 2.25. The van der Waals surface area contributed by atoms with Gasteiger partial charge in [-0.2, -0.15) is 0 Å². The molecule has 0 unspecified atom stereocenters. The predicted molar refractivity (Wildman–Crippen MR) is 45.8 cm³/mol. The SMILES string of the molecule is CN1C=C(CC2CC2)N(C)C1. The summed E-state index contributed by atoms with van der Waals surface area (Å²) in [5, 5.41) is 0. The number of hydrogen-bond donors (Lipinski definition) is 0. The van der Waals surface area contributed by atoms with E-state index in [2.05, 4.69) is 30.1 Å². The molecular weight excluding hydrogens is 136 g/mol.